The maximum atomic E-state index is 12.6. The molecule has 0 fully saturated rings. The first-order valence-corrected chi connectivity index (χ1v) is 4.95. The lowest BCUT2D eigenvalue weighted by atomic mass is 10.2. The van der Waals surface area contributed by atoms with E-state index in [0.29, 0.717) is 5.56 Å². The summed E-state index contributed by atoms with van der Waals surface area (Å²) >= 11 is 5.22. The van der Waals surface area contributed by atoms with Crippen molar-refractivity contribution in [1.29, 1.82) is 0 Å². The molecule has 1 atom stereocenters. The molecule has 0 aliphatic carbocycles. The van der Waals surface area contributed by atoms with Crippen LogP contribution in [-0.4, -0.2) is 22.9 Å². The van der Waals surface area contributed by atoms with E-state index in [2.05, 4.69) is 4.99 Å². The molecule has 3 nitrogen and oxygen atoms in total. The van der Waals surface area contributed by atoms with E-state index in [9.17, 15) is 18.0 Å². The van der Waals surface area contributed by atoms with Crippen molar-refractivity contribution < 1.29 is 18.0 Å². The third-order valence-corrected chi connectivity index (χ3v) is 2.69. The van der Waals surface area contributed by atoms with Gasteiger partial charge in [-0.05, 0) is 0 Å². The first-order chi connectivity index (χ1) is 7.84. The number of carbonyl (C=O) groups excluding carboxylic acids is 1. The average molecular weight is 263 g/mol. The van der Waals surface area contributed by atoms with Crippen molar-refractivity contribution in [2.75, 3.05) is 0 Å². The molecule has 1 aromatic rings. The fraction of sp³-hybridized carbons (Fsp3) is 0.200. The van der Waals surface area contributed by atoms with Gasteiger partial charge in [0.25, 0.3) is 5.91 Å². The molecule has 1 aliphatic heterocycles. The van der Waals surface area contributed by atoms with Crippen LogP contribution in [0.4, 0.5) is 13.2 Å². The Morgan fingerprint density at radius 3 is 2.29 bits per heavy atom. The smallest absolute Gasteiger partial charge is 0.307 e. The number of alkyl halides is 4. The Kier molecular flexibility index (Phi) is 2.61. The molecule has 0 radical (unpaired) electrons. The highest BCUT2D eigenvalue weighted by molar-refractivity contribution is 6.40. The summed E-state index contributed by atoms with van der Waals surface area (Å²) in [7, 11) is 0. The van der Waals surface area contributed by atoms with E-state index in [4.69, 9.17) is 11.6 Å². The number of amides is 1. The average Bonchev–Trinajstić information content (AvgIpc) is 2.57. The summed E-state index contributed by atoms with van der Waals surface area (Å²) in [5.74, 6) is -1.56. The number of benzene rings is 1. The van der Waals surface area contributed by atoms with Gasteiger partial charge in [-0.15, -0.1) is 0 Å². The predicted octanol–water partition coefficient (Wildman–Crippen LogP) is 2.06. The van der Waals surface area contributed by atoms with Crippen LogP contribution in [0.25, 0.3) is 0 Å². The number of rotatable bonds is 1. The van der Waals surface area contributed by atoms with Crippen LogP contribution in [0.3, 0.4) is 0 Å². The van der Waals surface area contributed by atoms with Crippen LogP contribution in [-0.2, 0) is 4.79 Å². The largest absolute Gasteiger partial charge is 0.437 e. The van der Waals surface area contributed by atoms with Crippen LogP contribution in [0.2, 0.25) is 0 Å². The highest BCUT2D eigenvalue weighted by Gasteiger charge is 2.63. The molecular weight excluding hydrogens is 257 g/mol. The number of nitrogens with one attached hydrogen (secondary N) is 1. The van der Waals surface area contributed by atoms with Gasteiger partial charge in [0.1, 0.15) is 5.84 Å². The number of carbonyl (C=O) groups is 1. The molecule has 1 heterocycles. The zero-order chi connectivity index (χ0) is 12.7. The number of amidine groups is 1. The number of hydrogen-bond acceptors (Lipinski definition) is 2. The quantitative estimate of drug-likeness (QED) is 0.611. The first kappa shape index (κ1) is 11.9. The fourth-order valence-corrected chi connectivity index (χ4v) is 1.48. The molecule has 90 valence electrons. The van der Waals surface area contributed by atoms with Crippen LogP contribution < -0.4 is 5.32 Å². The van der Waals surface area contributed by atoms with Crippen LogP contribution >= 0.6 is 11.6 Å². The maximum Gasteiger partial charge on any atom is 0.437 e. The Morgan fingerprint density at radius 2 is 1.82 bits per heavy atom. The van der Waals surface area contributed by atoms with Gasteiger partial charge >= 0.3 is 11.2 Å². The minimum absolute atomic E-state index is 0.178. The SMILES string of the molecule is O=C1NC(c2ccccc2)=NC1(Cl)C(F)(F)F. The lowest BCUT2D eigenvalue weighted by Crippen LogP contribution is -2.46. The second-order valence-electron chi connectivity index (χ2n) is 3.40. The molecule has 0 aromatic heterocycles. The number of halogens is 4. The predicted molar refractivity (Wildman–Crippen MR) is 55.8 cm³/mol. The number of hydrogen-bond donors (Lipinski definition) is 1. The van der Waals surface area contributed by atoms with E-state index in [0.717, 1.165) is 0 Å². The van der Waals surface area contributed by atoms with Gasteiger partial charge in [-0.25, -0.2) is 4.99 Å². The van der Waals surface area contributed by atoms with Crippen molar-refractivity contribution >= 4 is 23.3 Å². The summed E-state index contributed by atoms with van der Waals surface area (Å²) < 4.78 is 37.8. The molecule has 0 spiro atoms. The zero-order valence-electron chi connectivity index (χ0n) is 8.25. The molecule has 1 aliphatic rings. The van der Waals surface area contributed by atoms with Gasteiger partial charge in [0, 0.05) is 5.56 Å². The molecule has 7 heteroatoms. The lowest BCUT2D eigenvalue weighted by molar-refractivity contribution is -0.169. The third kappa shape index (κ3) is 1.88. The standard InChI is InChI=1S/C10H6ClF3N2O/c11-9(10(12,13)14)8(17)15-7(16-9)6-4-2-1-3-5-6/h1-5H,(H,15,16,17). The Bertz CT molecular complexity index is 486. The Hall–Kier alpha value is -1.56. The normalized spacial score (nSPS) is 24.5. The highest BCUT2D eigenvalue weighted by atomic mass is 35.5. The molecule has 1 N–H and O–H groups in total. The summed E-state index contributed by atoms with van der Waals surface area (Å²) in [6, 6.07) is 7.98. The summed E-state index contributed by atoms with van der Waals surface area (Å²) in [6.07, 6.45) is -4.94. The second-order valence-corrected chi connectivity index (χ2v) is 3.95. The molecule has 17 heavy (non-hydrogen) atoms. The van der Waals surface area contributed by atoms with Gasteiger partial charge in [0.2, 0.25) is 0 Å². The minimum atomic E-state index is -4.94. The van der Waals surface area contributed by atoms with Gasteiger partial charge in [-0.2, -0.15) is 13.2 Å². The fourth-order valence-electron chi connectivity index (χ4n) is 1.35. The molecule has 1 unspecified atom stereocenters. The second kappa shape index (κ2) is 3.73. The van der Waals surface area contributed by atoms with Crippen LogP contribution in [0, 0.1) is 0 Å². The van der Waals surface area contributed by atoms with Crippen LogP contribution in [0.5, 0.6) is 0 Å². The van der Waals surface area contributed by atoms with E-state index >= 15 is 0 Å². The molecule has 2 rings (SSSR count). The van der Waals surface area contributed by atoms with Crippen LogP contribution in [0.15, 0.2) is 35.3 Å². The highest BCUT2D eigenvalue weighted by Crippen LogP contribution is 2.40. The molecular formula is C10H6ClF3N2O. The van der Waals surface area contributed by atoms with Crippen molar-refractivity contribution in [2.45, 2.75) is 11.2 Å². The van der Waals surface area contributed by atoms with Crippen molar-refractivity contribution in [2.24, 2.45) is 4.99 Å². The monoisotopic (exact) mass is 262 g/mol. The van der Waals surface area contributed by atoms with E-state index in [-0.39, 0.29) is 5.84 Å². The Morgan fingerprint density at radius 1 is 1.24 bits per heavy atom. The van der Waals surface area contributed by atoms with Crippen molar-refractivity contribution in [3.8, 4) is 0 Å². The van der Waals surface area contributed by atoms with Gasteiger partial charge in [-0.3, -0.25) is 4.79 Å². The van der Waals surface area contributed by atoms with Crippen molar-refractivity contribution in [1.82, 2.24) is 5.32 Å². The molecule has 0 saturated carbocycles. The summed E-state index contributed by atoms with van der Waals surface area (Å²) in [5.41, 5.74) is 0.368. The molecule has 1 amide bonds. The number of nitrogens with zero attached hydrogens (tertiary/aromatic N) is 1. The molecule has 1 aromatic carbocycles. The Balaban J connectivity index is 2.42. The lowest BCUT2D eigenvalue weighted by Gasteiger charge is -2.18. The summed E-state index contributed by atoms with van der Waals surface area (Å²) in [4.78, 5) is 11.3. The van der Waals surface area contributed by atoms with Crippen molar-refractivity contribution in [3.05, 3.63) is 35.9 Å². The van der Waals surface area contributed by atoms with Crippen molar-refractivity contribution in [3.63, 3.8) is 0 Å². The maximum absolute atomic E-state index is 12.6. The van der Waals surface area contributed by atoms with E-state index in [1.165, 1.54) is 12.1 Å². The summed E-state index contributed by atoms with van der Waals surface area (Å²) in [5, 5.41) is 2.03. The molecule has 0 saturated heterocycles. The van der Waals surface area contributed by atoms with Gasteiger partial charge in [0.15, 0.2) is 0 Å². The molecule has 0 bridgehead atoms. The van der Waals surface area contributed by atoms with Crippen LogP contribution in [0.1, 0.15) is 5.56 Å². The Labute approximate surface area is 99.3 Å². The zero-order valence-corrected chi connectivity index (χ0v) is 9.01. The minimum Gasteiger partial charge on any atom is -0.307 e. The van der Waals surface area contributed by atoms with Gasteiger partial charge in [-0.1, -0.05) is 41.9 Å². The summed E-state index contributed by atoms with van der Waals surface area (Å²) in [6.45, 7) is 0. The van der Waals surface area contributed by atoms with E-state index in [1.54, 1.807) is 18.2 Å². The first-order valence-electron chi connectivity index (χ1n) is 4.57. The van der Waals surface area contributed by atoms with Gasteiger partial charge in [0.05, 0.1) is 0 Å². The van der Waals surface area contributed by atoms with Gasteiger partial charge < -0.3 is 5.32 Å². The third-order valence-electron chi connectivity index (χ3n) is 2.22. The van der Waals surface area contributed by atoms with E-state index < -0.39 is 17.1 Å². The number of aliphatic imine (C=N–C) groups is 1. The topological polar surface area (TPSA) is 41.5 Å². The van der Waals surface area contributed by atoms with E-state index in [1.807, 2.05) is 5.32 Å².